The van der Waals surface area contributed by atoms with Gasteiger partial charge in [0, 0.05) is 18.3 Å². The third-order valence-corrected chi connectivity index (χ3v) is 9.06. The number of amides is 1. The molecule has 3 aromatic rings. The molecular formula is C28H40N7O7P. The molecule has 1 aromatic carbocycles. The van der Waals surface area contributed by atoms with Crippen molar-refractivity contribution in [3.05, 3.63) is 52.1 Å². The number of aromatic nitrogens is 4. The second kappa shape index (κ2) is 15.0. The molecule has 1 amide bonds. The molecule has 0 bridgehead atoms. The number of hydrogen-bond acceptors (Lipinski definition) is 11. The summed E-state index contributed by atoms with van der Waals surface area (Å²) in [4.78, 5) is 53.8. The fraction of sp³-hybridized carbons (Fsp3) is 0.500. The molecule has 2 heterocycles. The summed E-state index contributed by atoms with van der Waals surface area (Å²) in [5, 5.41) is 12.4. The Hall–Kier alpha value is -3.87. The van der Waals surface area contributed by atoms with Crippen LogP contribution in [0.4, 0.5) is 11.6 Å². The van der Waals surface area contributed by atoms with Crippen LogP contribution in [0.2, 0.25) is 0 Å². The van der Waals surface area contributed by atoms with Crippen molar-refractivity contribution in [1.82, 2.24) is 25.3 Å². The molecule has 0 saturated heterocycles. The van der Waals surface area contributed by atoms with Gasteiger partial charge in [0.05, 0.1) is 37.8 Å². The molecule has 2 unspecified atom stereocenters. The first-order valence-corrected chi connectivity index (χ1v) is 15.8. The predicted octanol–water partition coefficient (Wildman–Crippen LogP) is 3.43. The minimum absolute atomic E-state index is 0.0367. The van der Waals surface area contributed by atoms with E-state index in [1.807, 2.05) is 25.8 Å². The van der Waals surface area contributed by atoms with Crippen molar-refractivity contribution in [3.8, 4) is 0 Å². The maximum absolute atomic E-state index is 12.9. The Kier molecular flexibility index (Phi) is 11.8. The van der Waals surface area contributed by atoms with E-state index >= 15 is 0 Å². The van der Waals surface area contributed by atoms with Gasteiger partial charge < -0.3 is 30.1 Å². The zero-order valence-corrected chi connectivity index (χ0v) is 26.0. The number of carbonyl (C=O) groups excluding carboxylic acids is 1. The number of carbonyl (C=O) groups is 2. The van der Waals surface area contributed by atoms with Crippen molar-refractivity contribution in [2.24, 2.45) is 11.8 Å². The Morgan fingerprint density at radius 2 is 1.74 bits per heavy atom. The molecular weight excluding hydrogens is 577 g/mol. The molecule has 0 spiro atoms. The standard InChI is InChI=1S/C28H40N7O7P/c1-6-41-43(40,42-7-2)16-18(4)12-17(3)13-22(27(38)39)32-25(36)19-8-10-21(11-9-19)35(5)15-20-14-30-24-23(31-20)26(37)34-28(29)33-24/h8-11,14,17-18,22H,6-7,12-13,15-16H2,1-5H3,(H,32,36)(H,38,39)(H3,29,30,33,34,37)/t17?,18?,22-/m0/s1. The number of hydrogen-bond donors (Lipinski definition) is 4. The molecule has 0 radical (unpaired) electrons. The van der Waals surface area contributed by atoms with Gasteiger partial charge in [-0.15, -0.1) is 0 Å². The summed E-state index contributed by atoms with van der Waals surface area (Å²) in [6.07, 6.45) is 2.54. The van der Waals surface area contributed by atoms with Gasteiger partial charge in [-0.1, -0.05) is 13.8 Å². The van der Waals surface area contributed by atoms with E-state index in [0.29, 0.717) is 24.2 Å². The molecule has 234 valence electrons. The lowest BCUT2D eigenvalue weighted by atomic mass is 9.92. The topological polar surface area (TPSA) is 203 Å². The van der Waals surface area contributed by atoms with Crippen molar-refractivity contribution in [2.75, 3.05) is 37.1 Å². The third-order valence-electron chi connectivity index (χ3n) is 6.69. The molecule has 2 aromatic heterocycles. The summed E-state index contributed by atoms with van der Waals surface area (Å²) in [5.74, 6) is -1.79. The summed E-state index contributed by atoms with van der Waals surface area (Å²) in [7, 11) is -1.39. The molecule has 0 fully saturated rings. The molecule has 0 saturated carbocycles. The molecule has 3 atom stereocenters. The van der Waals surface area contributed by atoms with Crippen LogP contribution in [0.3, 0.4) is 0 Å². The quantitative estimate of drug-likeness (QED) is 0.171. The minimum atomic E-state index is -3.21. The Morgan fingerprint density at radius 3 is 2.35 bits per heavy atom. The van der Waals surface area contributed by atoms with Crippen LogP contribution in [0.5, 0.6) is 0 Å². The van der Waals surface area contributed by atoms with Gasteiger partial charge in [0.15, 0.2) is 11.2 Å². The molecule has 0 aliphatic heterocycles. The van der Waals surface area contributed by atoms with Crippen LogP contribution in [0.1, 0.15) is 56.6 Å². The number of carboxylic acid groups (broad SMARTS) is 1. The van der Waals surface area contributed by atoms with Gasteiger partial charge in [0.25, 0.3) is 11.5 Å². The Morgan fingerprint density at radius 1 is 1.09 bits per heavy atom. The number of nitrogen functional groups attached to an aromatic ring is 1. The van der Waals surface area contributed by atoms with E-state index in [1.54, 1.807) is 38.1 Å². The maximum atomic E-state index is 12.9. The summed E-state index contributed by atoms with van der Waals surface area (Å²) in [6, 6.07) is 5.57. The summed E-state index contributed by atoms with van der Waals surface area (Å²) in [6.45, 7) is 8.21. The van der Waals surface area contributed by atoms with Crippen molar-refractivity contribution in [2.45, 2.75) is 53.1 Å². The van der Waals surface area contributed by atoms with Gasteiger partial charge in [0.1, 0.15) is 6.04 Å². The van der Waals surface area contributed by atoms with Gasteiger partial charge in [-0.2, -0.15) is 4.98 Å². The van der Waals surface area contributed by atoms with Gasteiger partial charge in [-0.3, -0.25) is 19.1 Å². The minimum Gasteiger partial charge on any atom is -0.480 e. The molecule has 43 heavy (non-hydrogen) atoms. The fourth-order valence-electron chi connectivity index (χ4n) is 4.89. The second-order valence-electron chi connectivity index (χ2n) is 10.6. The molecule has 14 nitrogen and oxygen atoms in total. The molecule has 5 N–H and O–H groups in total. The highest BCUT2D eigenvalue weighted by atomic mass is 31.2. The van der Waals surface area contributed by atoms with Crippen molar-refractivity contribution in [3.63, 3.8) is 0 Å². The first-order valence-electron chi connectivity index (χ1n) is 14.1. The highest BCUT2D eigenvalue weighted by molar-refractivity contribution is 7.53. The van der Waals surface area contributed by atoms with E-state index in [0.717, 1.165) is 5.69 Å². The van der Waals surface area contributed by atoms with Crippen LogP contribution in [-0.2, 0) is 25.0 Å². The molecule has 0 aliphatic carbocycles. The number of aromatic amines is 1. The number of rotatable bonds is 16. The van der Waals surface area contributed by atoms with Gasteiger partial charge in [0.2, 0.25) is 5.95 Å². The van der Waals surface area contributed by atoms with E-state index in [4.69, 9.17) is 14.8 Å². The summed E-state index contributed by atoms with van der Waals surface area (Å²) in [5.41, 5.74) is 6.90. The molecule has 15 heteroatoms. The predicted molar refractivity (Wildman–Crippen MR) is 163 cm³/mol. The first kappa shape index (κ1) is 33.6. The van der Waals surface area contributed by atoms with Crippen LogP contribution in [0.15, 0.2) is 35.3 Å². The van der Waals surface area contributed by atoms with Gasteiger partial charge in [-0.05, 0) is 62.8 Å². The number of anilines is 2. The summed E-state index contributed by atoms with van der Waals surface area (Å²) < 4.78 is 23.6. The van der Waals surface area contributed by atoms with Crippen LogP contribution in [0, 0.1) is 11.8 Å². The number of aliphatic carboxylic acids is 1. The Balaban J connectivity index is 1.59. The van der Waals surface area contributed by atoms with Crippen LogP contribution in [-0.4, -0.2) is 69.4 Å². The van der Waals surface area contributed by atoms with E-state index < -0.39 is 31.1 Å². The smallest absolute Gasteiger partial charge is 0.330 e. The monoisotopic (exact) mass is 617 g/mol. The highest BCUT2D eigenvalue weighted by Crippen LogP contribution is 2.50. The lowest BCUT2D eigenvalue weighted by molar-refractivity contribution is -0.139. The van der Waals surface area contributed by atoms with E-state index in [-0.39, 0.29) is 54.7 Å². The van der Waals surface area contributed by atoms with Crippen molar-refractivity contribution < 1.29 is 28.3 Å². The van der Waals surface area contributed by atoms with Gasteiger partial charge in [-0.25, -0.2) is 14.8 Å². The number of nitrogens with two attached hydrogens (primary N) is 1. The molecule has 3 rings (SSSR count). The highest BCUT2D eigenvalue weighted by Gasteiger charge is 2.29. The van der Waals surface area contributed by atoms with E-state index in [1.165, 1.54) is 6.20 Å². The van der Waals surface area contributed by atoms with Gasteiger partial charge >= 0.3 is 13.6 Å². The number of nitrogens with zero attached hydrogens (tertiary/aromatic N) is 4. The fourth-order valence-corrected chi connectivity index (χ4v) is 6.87. The lowest BCUT2D eigenvalue weighted by Gasteiger charge is -2.24. The Labute approximate surface area is 250 Å². The van der Waals surface area contributed by atoms with E-state index in [2.05, 4.69) is 25.3 Å². The number of nitrogens with one attached hydrogen (secondary N) is 2. The van der Waals surface area contributed by atoms with E-state index in [9.17, 15) is 24.1 Å². The van der Waals surface area contributed by atoms with Crippen LogP contribution < -0.4 is 21.5 Å². The average Bonchev–Trinajstić information content (AvgIpc) is 2.92. The largest absolute Gasteiger partial charge is 0.480 e. The maximum Gasteiger partial charge on any atom is 0.330 e. The third kappa shape index (κ3) is 9.57. The first-order chi connectivity index (χ1) is 20.3. The molecule has 0 aliphatic rings. The van der Waals surface area contributed by atoms with Crippen molar-refractivity contribution >= 4 is 42.3 Å². The Bertz CT molecular complexity index is 1510. The van der Waals surface area contributed by atoms with Crippen molar-refractivity contribution in [1.29, 1.82) is 0 Å². The number of fused-ring (bicyclic) bond motifs is 1. The van der Waals surface area contributed by atoms with Crippen LogP contribution >= 0.6 is 7.60 Å². The zero-order valence-electron chi connectivity index (χ0n) is 25.1. The summed E-state index contributed by atoms with van der Waals surface area (Å²) >= 11 is 0. The number of carboxylic acids is 1. The van der Waals surface area contributed by atoms with Crippen LogP contribution in [0.25, 0.3) is 11.2 Å². The average molecular weight is 618 g/mol. The zero-order chi connectivity index (χ0) is 31.7. The normalized spacial score (nSPS) is 13.8. The lowest BCUT2D eigenvalue weighted by Crippen LogP contribution is -2.42. The number of H-pyrrole nitrogens is 1. The SMILES string of the molecule is CCOP(=O)(CC(C)CC(C)C[C@H](NC(=O)c1ccc(N(C)Cc2cnc3nc(N)[nH]c(=O)c3n2)cc1)C(=O)O)OCC. The number of benzene rings is 1. The second-order valence-corrected chi connectivity index (χ2v) is 12.7.